The molecule has 120 valence electrons. The summed E-state index contributed by atoms with van der Waals surface area (Å²) in [5.41, 5.74) is 6.67. The van der Waals surface area contributed by atoms with E-state index in [1.165, 1.54) is 30.8 Å². The van der Waals surface area contributed by atoms with Crippen molar-refractivity contribution >= 4 is 17.6 Å². The molecule has 1 N–H and O–H groups in total. The normalized spacial score (nSPS) is 13.2. The van der Waals surface area contributed by atoms with E-state index in [4.69, 9.17) is 0 Å². The predicted molar refractivity (Wildman–Crippen MR) is 101 cm³/mol. The van der Waals surface area contributed by atoms with E-state index in [-0.39, 0.29) is 9.52 Å². The zero-order valence-corrected chi connectivity index (χ0v) is 17.8. The van der Waals surface area contributed by atoms with Gasteiger partial charge in [0.15, 0.2) is 0 Å². The van der Waals surface area contributed by atoms with E-state index in [0.29, 0.717) is 0 Å². The summed E-state index contributed by atoms with van der Waals surface area (Å²) in [6.45, 7) is 20.5. The molecule has 0 atom stereocenters. The minimum atomic E-state index is -1.15. The van der Waals surface area contributed by atoms with Crippen LogP contribution >= 0.6 is 0 Å². The van der Waals surface area contributed by atoms with E-state index in [0.717, 1.165) is 16.6 Å². The maximum Gasteiger partial charge on any atom is 0.0613 e. The second kappa shape index (κ2) is 9.96. The molecule has 0 aliphatic rings. The van der Waals surface area contributed by atoms with Crippen LogP contribution in [-0.4, -0.2) is 30.3 Å². The van der Waals surface area contributed by atoms with Gasteiger partial charge in [-0.05, 0) is 33.0 Å². The molecule has 0 bridgehead atoms. The summed E-state index contributed by atoms with van der Waals surface area (Å²) in [5, 5.41) is 3.67. The fourth-order valence-corrected chi connectivity index (χ4v) is 11.7. The highest BCUT2D eigenvalue weighted by atomic mass is 28.3. The summed E-state index contributed by atoms with van der Waals surface area (Å²) in [6, 6.07) is 1.50. The topological polar surface area (TPSA) is 12.0 Å². The Labute approximate surface area is 131 Å². The molecule has 0 aromatic carbocycles. The molecule has 0 aliphatic heterocycles. The Kier molecular flexibility index (Phi) is 10.0. The van der Waals surface area contributed by atoms with Crippen LogP contribution in [0.25, 0.3) is 0 Å². The maximum atomic E-state index is 3.67. The monoisotopic (exact) mass is 313 g/mol. The molecule has 0 aromatic heterocycles. The number of allylic oxidation sites excluding steroid dienone is 1. The van der Waals surface area contributed by atoms with Crippen LogP contribution in [0, 0.1) is 0 Å². The molecule has 0 radical (unpaired) electrons. The van der Waals surface area contributed by atoms with Gasteiger partial charge in [0.1, 0.15) is 0 Å². The van der Waals surface area contributed by atoms with Gasteiger partial charge in [-0.3, -0.25) is 0 Å². The average Bonchev–Trinajstić information content (AvgIpc) is 2.30. The second-order valence-corrected chi connectivity index (χ2v) is 15.2. The summed E-state index contributed by atoms with van der Waals surface area (Å²) in [4.78, 5) is 0. The van der Waals surface area contributed by atoms with Gasteiger partial charge in [-0.15, -0.1) is 5.70 Å². The first-order chi connectivity index (χ1) is 9.25. The van der Waals surface area contributed by atoms with Gasteiger partial charge in [0.25, 0.3) is 0 Å². The molecule has 0 aromatic rings. The Hall–Kier alpha value is 0.134. The van der Waals surface area contributed by atoms with E-state index in [2.05, 4.69) is 66.4 Å². The van der Waals surface area contributed by atoms with Crippen LogP contribution in [0.4, 0.5) is 0 Å². The minimum Gasteiger partial charge on any atom is -0.320 e. The third-order valence-electron chi connectivity index (χ3n) is 5.06. The van der Waals surface area contributed by atoms with Crippen LogP contribution in [0.1, 0.15) is 61.8 Å². The molecule has 3 heteroatoms. The fraction of sp³-hybridized carbons (Fsp3) is 0.882. The summed E-state index contributed by atoms with van der Waals surface area (Å²) < 4.78 is 0. The van der Waals surface area contributed by atoms with Crippen LogP contribution in [-0.2, 0) is 0 Å². The van der Waals surface area contributed by atoms with Gasteiger partial charge in [-0.2, -0.15) is 0 Å². The molecule has 20 heavy (non-hydrogen) atoms. The van der Waals surface area contributed by atoms with Crippen molar-refractivity contribution in [2.75, 3.05) is 12.7 Å². The third-order valence-corrected chi connectivity index (χ3v) is 14.5. The van der Waals surface area contributed by atoms with Gasteiger partial charge in [-0.1, -0.05) is 69.8 Å². The van der Waals surface area contributed by atoms with Crippen LogP contribution in [0.2, 0.25) is 22.7 Å². The maximum absolute atomic E-state index is 3.67. The summed E-state index contributed by atoms with van der Waals surface area (Å²) in [7, 11) is -1.16. The lowest BCUT2D eigenvalue weighted by molar-refractivity contribution is 0.711. The van der Waals surface area contributed by atoms with Gasteiger partial charge in [0, 0.05) is 0 Å². The first-order valence-electron chi connectivity index (χ1n) is 8.59. The van der Waals surface area contributed by atoms with Gasteiger partial charge in [0.2, 0.25) is 0 Å². The Morgan fingerprint density at radius 1 is 1.00 bits per heavy atom. The molecule has 0 rings (SSSR count). The molecule has 0 fully saturated rings. The van der Waals surface area contributed by atoms with Gasteiger partial charge in [-0.25, -0.2) is 0 Å². The Balaban J connectivity index is 4.20. The molecule has 0 heterocycles. The van der Waals surface area contributed by atoms with Crippen molar-refractivity contribution in [2.24, 2.45) is 0 Å². The van der Waals surface area contributed by atoms with E-state index in [9.17, 15) is 0 Å². The van der Waals surface area contributed by atoms with Crippen LogP contribution in [0.5, 0.6) is 0 Å². The fourth-order valence-electron chi connectivity index (χ4n) is 3.97. The predicted octanol–water partition coefficient (Wildman–Crippen LogP) is 4.69. The van der Waals surface area contributed by atoms with Crippen molar-refractivity contribution in [1.29, 1.82) is 0 Å². The van der Waals surface area contributed by atoms with Crippen molar-refractivity contribution < 1.29 is 0 Å². The van der Waals surface area contributed by atoms with Crippen molar-refractivity contribution in [3.63, 3.8) is 0 Å². The summed E-state index contributed by atoms with van der Waals surface area (Å²) >= 11 is 0. The summed E-state index contributed by atoms with van der Waals surface area (Å²) in [5.74, 6) is 0. The molecular weight excluding hydrogens is 274 g/mol. The molecule has 0 amide bonds. The van der Waals surface area contributed by atoms with E-state index in [1.807, 2.05) is 0 Å². The Morgan fingerprint density at radius 2 is 1.50 bits per heavy atom. The van der Waals surface area contributed by atoms with Crippen molar-refractivity contribution in [3.05, 3.63) is 11.3 Å². The van der Waals surface area contributed by atoms with Crippen LogP contribution in [0.15, 0.2) is 11.3 Å². The molecule has 0 spiro atoms. The van der Waals surface area contributed by atoms with Crippen molar-refractivity contribution in [1.82, 2.24) is 5.32 Å². The number of nitrogens with one attached hydrogen (secondary N) is 1. The van der Waals surface area contributed by atoms with E-state index >= 15 is 0 Å². The quantitative estimate of drug-likeness (QED) is 0.455. The average molecular weight is 314 g/mol. The SMILES string of the molecule is CC(C)=C[SiH2]CNCCC[Si](C(C)C)(C(C)C)C(C)C. The Morgan fingerprint density at radius 3 is 1.90 bits per heavy atom. The molecule has 0 aliphatic carbocycles. The molecule has 0 saturated carbocycles. The molecule has 1 nitrogen and oxygen atoms in total. The second-order valence-electron chi connectivity index (χ2n) is 7.50. The lowest BCUT2D eigenvalue weighted by Gasteiger charge is -2.43. The zero-order chi connectivity index (χ0) is 15.8. The van der Waals surface area contributed by atoms with Gasteiger partial charge < -0.3 is 5.32 Å². The highest BCUT2D eigenvalue weighted by Crippen LogP contribution is 2.44. The van der Waals surface area contributed by atoms with Crippen molar-refractivity contribution in [2.45, 2.75) is 84.5 Å². The highest BCUT2D eigenvalue weighted by molar-refractivity contribution is 6.83. The number of hydrogen-bond donors (Lipinski definition) is 1. The number of hydrogen-bond acceptors (Lipinski definition) is 1. The lowest BCUT2D eigenvalue weighted by atomic mass is 10.4. The highest BCUT2D eigenvalue weighted by Gasteiger charge is 2.41. The van der Waals surface area contributed by atoms with E-state index < -0.39 is 8.07 Å². The Bertz CT molecular complexity index is 257. The summed E-state index contributed by atoms with van der Waals surface area (Å²) in [6.07, 6.45) is 2.65. The first kappa shape index (κ1) is 20.1. The van der Waals surface area contributed by atoms with Gasteiger partial charge in [0.05, 0.1) is 17.6 Å². The molecule has 0 unspecified atom stereocenters. The standard InChI is InChI=1S/C17H39NSi2/c1-14(2)12-19-13-18-10-9-11-20(15(3)4,16(5)6)17(7)8/h12,15-18H,9-11,13,19H2,1-8H3. The minimum absolute atomic E-state index is 0.00706. The molecular formula is C17H39NSi2. The van der Waals surface area contributed by atoms with Crippen LogP contribution in [0.3, 0.4) is 0 Å². The molecule has 0 saturated heterocycles. The zero-order valence-electron chi connectivity index (χ0n) is 15.3. The van der Waals surface area contributed by atoms with E-state index in [1.54, 1.807) is 0 Å². The largest absolute Gasteiger partial charge is 0.320 e. The smallest absolute Gasteiger partial charge is 0.0613 e. The lowest BCUT2D eigenvalue weighted by Crippen LogP contribution is -2.44. The number of rotatable bonds is 10. The third kappa shape index (κ3) is 6.27. The van der Waals surface area contributed by atoms with Gasteiger partial charge >= 0.3 is 0 Å². The van der Waals surface area contributed by atoms with Crippen LogP contribution < -0.4 is 5.32 Å². The first-order valence-corrected chi connectivity index (χ1v) is 12.8. The van der Waals surface area contributed by atoms with Crippen molar-refractivity contribution in [3.8, 4) is 0 Å².